The van der Waals surface area contributed by atoms with E-state index in [0.717, 1.165) is 5.56 Å². The molecule has 1 fully saturated rings. The lowest BCUT2D eigenvalue weighted by Crippen LogP contribution is -2.36. The van der Waals surface area contributed by atoms with Gasteiger partial charge in [0.1, 0.15) is 17.0 Å². The second-order valence-corrected chi connectivity index (χ2v) is 8.98. The lowest BCUT2D eigenvalue weighted by atomic mass is 10.2. The van der Waals surface area contributed by atoms with Gasteiger partial charge >= 0.3 is 0 Å². The number of rotatable bonds is 2. The molecule has 1 N–H and O–H groups in total. The average Bonchev–Trinajstić information content (AvgIpc) is 3.08. The summed E-state index contributed by atoms with van der Waals surface area (Å²) in [5, 5.41) is 3.09. The van der Waals surface area contributed by atoms with E-state index in [1.54, 1.807) is 23.9 Å². The summed E-state index contributed by atoms with van der Waals surface area (Å²) in [5.74, 6) is -0.370. The van der Waals surface area contributed by atoms with Crippen LogP contribution in [0.15, 0.2) is 29.2 Å². The van der Waals surface area contributed by atoms with Gasteiger partial charge in [-0.25, -0.2) is 13.4 Å². The van der Waals surface area contributed by atoms with Gasteiger partial charge in [-0.05, 0) is 31.0 Å². The highest BCUT2D eigenvalue weighted by atomic mass is 32.2. The zero-order valence-corrected chi connectivity index (χ0v) is 15.2. The van der Waals surface area contributed by atoms with Crippen LogP contribution in [0.3, 0.4) is 0 Å². The first-order valence-corrected chi connectivity index (χ1v) is 10.1. The topological polar surface area (TPSA) is 103 Å². The summed E-state index contributed by atoms with van der Waals surface area (Å²) in [6.45, 7) is 1.88. The Morgan fingerprint density at radius 1 is 1.35 bits per heavy atom. The first-order valence-electron chi connectivity index (χ1n) is 8.25. The Hall–Kier alpha value is -2.68. The van der Waals surface area contributed by atoms with Crippen LogP contribution in [0.25, 0.3) is 16.7 Å². The zero-order valence-electron chi connectivity index (χ0n) is 14.4. The maximum atomic E-state index is 12.8. The van der Waals surface area contributed by atoms with Gasteiger partial charge in [-0.3, -0.25) is 14.0 Å². The summed E-state index contributed by atoms with van der Waals surface area (Å²) in [6.07, 6.45) is 2.11. The predicted molar refractivity (Wildman–Crippen MR) is 97.2 cm³/mol. The maximum Gasteiger partial charge on any atom is 0.268 e. The summed E-state index contributed by atoms with van der Waals surface area (Å²) in [6, 6.07) is 4.73. The van der Waals surface area contributed by atoms with Crippen molar-refractivity contribution in [2.45, 2.75) is 19.4 Å². The molecule has 0 aromatic carbocycles. The van der Waals surface area contributed by atoms with Gasteiger partial charge in [0.15, 0.2) is 9.84 Å². The molecule has 3 aromatic rings. The number of hydrogen-bond donors (Lipinski definition) is 1. The molecule has 0 spiro atoms. The minimum atomic E-state index is -3.08. The third-order valence-electron chi connectivity index (χ3n) is 4.75. The molecule has 3 aromatic heterocycles. The largest absolute Gasteiger partial charge is 0.347 e. The maximum absolute atomic E-state index is 12.8. The number of sulfone groups is 1. The van der Waals surface area contributed by atoms with Crippen LogP contribution in [0.5, 0.6) is 0 Å². The summed E-state index contributed by atoms with van der Waals surface area (Å²) in [7, 11) is -1.42. The molecule has 1 atom stereocenters. The molecule has 26 heavy (non-hydrogen) atoms. The molecule has 1 aliphatic heterocycles. The monoisotopic (exact) mass is 374 g/mol. The van der Waals surface area contributed by atoms with E-state index in [2.05, 4.69) is 10.3 Å². The molecular formula is C17H18N4O4S. The smallest absolute Gasteiger partial charge is 0.268 e. The third kappa shape index (κ3) is 2.68. The van der Waals surface area contributed by atoms with Gasteiger partial charge in [0.2, 0.25) is 0 Å². The lowest BCUT2D eigenvalue weighted by molar-refractivity contribution is 0.0933. The highest BCUT2D eigenvalue weighted by Crippen LogP contribution is 2.17. The minimum Gasteiger partial charge on any atom is -0.347 e. The molecule has 1 amide bonds. The lowest BCUT2D eigenvalue weighted by Gasteiger charge is -2.11. The van der Waals surface area contributed by atoms with Crippen molar-refractivity contribution in [3.05, 3.63) is 46.0 Å². The van der Waals surface area contributed by atoms with Gasteiger partial charge in [-0.15, -0.1) is 0 Å². The van der Waals surface area contributed by atoms with Crippen molar-refractivity contribution in [3.63, 3.8) is 0 Å². The van der Waals surface area contributed by atoms with Crippen molar-refractivity contribution in [2.75, 3.05) is 11.5 Å². The van der Waals surface area contributed by atoms with Crippen LogP contribution in [0.2, 0.25) is 0 Å². The molecule has 8 nitrogen and oxygen atoms in total. The summed E-state index contributed by atoms with van der Waals surface area (Å²) < 4.78 is 26.2. The van der Waals surface area contributed by atoms with Crippen molar-refractivity contribution >= 4 is 32.4 Å². The number of pyridine rings is 1. The van der Waals surface area contributed by atoms with Crippen LogP contribution in [0, 0.1) is 6.92 Å². The number of fused-ring (bicyclic) bond motifs is 2. The molecule has 4 rings (SSSR count). The van der Waals surface area contributed by atoms with Crippen molar-refractivity contribution in [3.8, 4) is 0 Å². The molecule has 1 saturated heterocycles. The van der Waals surface area contributed by atoms with Crippen LogP contribution in [-0.2, 0) is 16.9 Å². The number of aromatic nitrogens is 3. The van der Waals surface area contributed by atoms with Crippen LogP contribution in [-0.4, -0.2) is 45.8 Å². The Morgan fingerprint density at radius 3 is 2.81 bits per heavy atom. The fourth-order valence-corrected chi connectivity index (χ4v) is 5.04. The van der Waals surface area contributed by atoms with E-state index in [-0.39, 0.29) is 22.8 Å². The van der Waals surface area contributed by atoms with E-state index in [9.17, 15) is 18.0 Å². The van der Waals surface area contributed by atoms with Crippen LogP contribution < -0.4 is 10.9 Å². The molecule has 0 unspecified atom stereocenters. The van der Waals surface area contributed by atoms with Gasteiger partial charge < -0.3 is 9.88 Å². The number of nitrogens with zero attached hydrogens (tertiary/aromatic N) is 3. The van der Waals surface area contributed by atoms with Crippen molar-refractivity contribution in [1.82, 2.24) is 19.3 Å². The van der Waals surface area contributed by atoms with Crippen molar-refractivity contribution < 1.29 is 13.2 Å². The van der Waals surface area contributed by atoms with Crippen LogP contribution in [0.1, 0.15) is 22.5 Å². The Labute approximate surface area is 149 Å². The molecule has 1 aliphatic rings. The fourth-order valence-electron chi connectivity index (χ4n) is 3.36. The van der Waals surface area contributed by atoms with E-state index in [4.69, 9.17) is 0 Å². The zero-order chi connectivity index (χ0) is 18.6. The average molecular weight is 374 g/mol. The van der Waals surface area contributed by atoms with Gasteiger partial charge in [0, 0.05) is 19.3 Å². The number of aryl methyl sites for hydroxylation is 2. The third-order valence-corrected chi connectivity index (χ3v) is 6.51. The highest BCUT2D eigenvalue weighted by Gasteiger charge is 2.30. The van der Waals surface area contributed by atoms with E-state index in [0.29, 0.717) is 23.1 Å². The second kappa shape index (κ2) is 5.66. The number of carbonyl (C=O) groups is 1. The molecule has 0 aliphatic carbocycles. The summed E-state index contributed by atoms with van der Waals surface area (Å²) in [4.78, 5) is 29.8. The first kappa shape index (κ1) is 16.8. The minimum absolute atomic E-state index is 0.0489. The molecule has 0 radical (unpaired) electrons. The SMILES string of the molecule is Cc1ccc2nc3c(cc(C(=O)N[C@@H]4CCS(=O)(=O)C4)n3C)c(=O)n2c1. The Balaban J connectivity index is 1.78. The Morgan fingerprint density at radius 2 is 2.12 bits per heavy atom. The van der Waals surface area contributed by atoms with Crippen molar-refractivity contribution in [1.29, 1.82) is 0 Å². The number of carbonyl (C=O) groups excluding carboxylic acids is 1. The van der Waals surface area contributed by atoms with E-state index >= 15 is 0 Å². The van der Waals surface area contributed by atoms with Crippen LogP contribution in [0.4, 0.5) is 0 Å². The standard InChI is InChI=1S/C17H18N4O4S/c1-10-3-4-14-19-15-12(17(23)21(14)8-10)7-13(20(15)2)16(22)18-11-5-6-26(24,25)9-11/h3-4,7-8,11H,5-6,9H2,1-2H3,(H,18,22)/t11-/m1/s1. The van der Waals surface area contributed by atoms with Gasteiger partial charge in [0.05, 0.1) is 16.9 Å². The normalized spacial score (nSPS) is 19.2. The van der Waals surface area contributed by atoms with E-state index in [1.807, 2.05) is 13.0 Å². The quantitative estimate of drug-likeness (QED) is 0.700. The first-order chi connectivity index (χ1) is 12.2. The van der Waals surface area contributed by atoms with Crippen LogP contribution >= 0.6 is 0 Å². The molecule has 9 heteroatoms. The molecular weight excluding hydrogens is 356 g/mol. The fraction of sp³-hybridized carbons (Fsp3) is 0.353. The van der Waals surface area contributed by atoms with E-state index in [1.165, 1.54) is 10.5 Å². The number of hydrogen-bond acceptors (Lipinski definition) is 5. The molecule has 136 valence electrons. The van der Waals surface area contributed by atoms with Gasteiger partial charge in [0.25, 0.3) is 11.5 Å². The van der Waals surface area contributed by atoms with Gasteiger partial charge in [-0.2, -0.15) is 0 Å². The van der Waals surface area contributed by atoms with Gasteiger partial charge in [-0.1, -0.05) is 6.07 Å². The van der Waals surface area contributed by atoms with Crippen molar-refractivity contribution in [2.24, 2.45) is 7.05 Å². The molecule has 4 heterocycles. The predicted octanol–water partition coefficient (Wildman–Crippen LogP) is 0.412. The summed E-state index contributed by atoms with van der Waals surface area (Å²) in [5.41, 5.74) is 1.89. The Bertz CT molecular complexity index is 1220. The highest BCUT2D eigenvalue weighted by molar-refractivity contribution is 7.91. The number of amides is 1. The Kier molecular flexibility index (Phi) is 3.65. The molecule has 0 bridgehead atoms. The van der Waals surface area contributed by atoms with E-state index < -0.39 is 21.8 Å². The molecule has 0 saturated carbocycles. The number of nitrogens with one attached hydrogen (secondary N) is 1. The second-order valence-electron chi connectivity index (χ2n) is 6.75. The summed E-state index contributed by atoms with van der Waals surface area (Å²) >= 11 is 0.